The van der Waals surface area contributed by atoms with E-state index in [9.17, 15) is 9.59 Å². The van der Waals surface area contributed by atoms with E-state index in [4.69, 9.17) is 0 Å². The van der Waals surface area contributed by atoms with Gasteiger partial charge in [-0.1, -0.05) is 6.07 Å². The third-order valence-electron chi connectivity index (χ3n) is 2.69. The Morgan fingerprint density at radius 3 is 2.57 bits per heavy atom. The number of benzene rings is 1. The van der Waals surface area contributed by atoms with Gasteiger partial charge in [-0.25, -0.2) is 4.79 Å². The first-order valence-electron chi connectivity index (χ1n) is 6.26. The zero-order chi connectivity index (χ0) is 15.1. The lowest BCUT2D eigenvalue weighted by Crippen LogP contribution is -2.08. The molecule has 2 rings (SSSR count). The number of hydrogen-bond acceptors (Lipinski definition) is 4. The average Bonchev–Trinajstić information content (AvgIpc) is 2.54. The summed E-state index contributed by atoms with van der Waals surface area (Å²) >= 11 is 0. The Bertz CT molecular complexity index is 649. The molecule has 5 heteroatoms. The molecule has 0 aliphatic rings. The van der Waals surface area contributed by atoms with Gasteiger partial charge in [0.2, 0.25) is 5.91 Å². The first kappa shape index (κ1) is 14.5. The number of nitrogens with zero attached hydrogens (tertiary/aromatic N) is 1. The quantitative estimate of drug-likeness (QED) is 0.691. The molecule has 0 bridgehead atoms. The van der Waals surface area contributed by atoms with E-state index in [0.29, 0.717) is 11.3 Å². The molecule has 21 heavy (non-hydrogen) atoms. The van der Waals surface area contributed by atoms with E-state index in [1.807, 2.05) is 6.07 Å². The van der Waals surface area contributed by atoms with Gasteiger partial charge in [-0.2, -0.15) is 0 Å². The second kappa shape index (κ2) is 7.00. The van der Waals surface area contributed by atoms with E-state index in [0.717, 1.165) is 5.56 Å². The van der Waals surface area contributed by atoms with Crippen LogP contribution in [0, 0.1) is 0 Å². The molecule has 0 aliphatic carbocycles. The summed E-state index contributed by atoms with van der Waals surface area (Å²) < 4.78 is 4.60. The number of pyridine rings is 1. The fourth-order valence-electron chi connectivity index (χ4n) is 1.64. The van der Waals surface area contributed by atoms with E-state index < -0.39 is 5.97 Å². The van der Waals surface area contributed by atoms with Crippen LogP contribution in [0.2, 0.25) is 0 Å². The van der Waals surface area contributed by atoms with Crippen molar-refractivity contribution in [2.75, 3.05) is 12.4 Å². The van der Waals surface area contributed by atoms with E-state index >= 15 is 0 Å². The van der Waals surface area contributed by atoms with Gasteiger partial charge in [0, 0.05) is 24.2 Å². The second-order valence-electron chi connectivity index (χ2n) is 4.18. The van der Waals surface area contributed by atoms with Crippen molar-refractivity contribution in [2.45, 2.75) is 0 Å². The molecule has 1 amide bonds. The summed E-state index contributed by atoms with van der Waals surface area (Å²) in [7, 11) is 1.32. The maximum Gasteiger partial charge on any atom is 0.337 e. The van der Waals surface area contributed by atoms with E-state index in [1.54, 1.807) is 48.8 Å². The van der Waals surface area contributed by atoms with Crippen molar-refractivity contribution in [3.8, 4) is 0 Å². The largest absolute Gasteiger partial charge is 0.465 e. The standard InChI is InChI=1S/C16H14N2O3/c1-21-16(20)13-5-7-14(8-6-13)18-15(19)9-4-12-3-2-10-17-11-12/h2-11H,1H3,(H,18,19)/b9-4+. The Morgan fingerprint density at radius 1 is 1.19 bits per heavy atom. The van der Waals surface area contributed by atoms with Crippen LogP contribution >= 0.6 is 0 Å². The zero-order valence-corrected chi connectivity index (χ0v) is 11.4. The predicted molar refractivity (Wildman–Crippen MR) is 79.7 cm³/mol. The van der Waals surface area contributed by atoms with Gasteiger partial charge in [-0.3, -0.25) is 9.78 Å². The number of anilines is 1. The van der Waals surface area contributed by atoms with Crippen LogP contribution in [0.15, 0.2) is 54.9 Å². The molecule has 1 aromatic carbocycles. The van der Waals surface area contributed by atoms with Gasteiger partial charge < -0.3 is 10.1 Å². The zero-order valence-electron chi connectivity index (χ0n) is 11.4. The number of carbonyl (C=O) groups excluding carboxylic acids is 2. The first-order chi connectivity index (χ1) is 10.2. The Morgan fingerprint density at radius 2 is 1.95 bits per heavy atom. The van der Waals surface area contributed by atoms with Crippen molar-refractivity contribution >= 4 is 23.6 Å². The number of carbonyl (C=O) groups is 2. The van der Waals surface area contributed by atoms with Crippen molar-refractivity contribution < 1.29 is 14.3 Å². The van der Waals surface area contributed by atoms with E-state index in [2.05, 4.69) is 15.0 Å². The Balaban J connectivity index is 1.97. The monoisotopic (exact) mass is 282 g/mol. The molecule has 0 radical (unpaired) electrons. The Labute approximate surface area is 122 Å². The van der Waals surface area contributed by atoms with Crippen molar-refractivity contribution in [3.63, 3.8) is 0 Å². The molecule has 0 fully saturated rings. The van der Waals surface area contributed by atoms with Crippen molar-refractivity contribution in [2.24, 2.45) is 0 Å². The smallest absolute Gasteiger partial charge is 0.337 e. The minimum atomic E-state index is -0.413. The first-order valence-corrected chi connectivity index (χ1v) is 6.26. The number of hydrogen-bond donors (Lipinski definition) is 1. The molecule has 1 N–H and O–H groups in total. The fraction of sp³-hybridized carbons (Fsp3) is 0.0625. The number of ether oxygens (including phenoxy) is 1. The van der Waals surface area contributed by atoms with Gasteiger partial charge in [0.15, 0.2) is 0 Å². The van der Waals surface area contributed by atoms with E-state index in [-0.39, 0.29) is 5.91 Å². The van der Waals surface area contributed by atoms with Gasteiger partial charge in [-0.15, -0.1) is 0 Å². The topological polar surface area (TPSA) is 68.3 Å². The Hall–Kier alpha value is -2.95. The van der Waals surface area contributed by atoms with Crippen molar-refractivity contribution in [3.05, 3.63) is 66.0 Å². The normalized spacial score (nSPS) is 10.3. The summed E-state index contributed by atoms with van der Waals surface area (Å²) in [5.74, 6) is -0.672. The van der Waals surface area contributed by atoms with Crippen molar-refractivity contribution in [1.29, 1.82) is 0 Å². The molecule has 0 saturated carbocycles. The SMILES string of the molecule is COC(=O)c1ccc(NC(=O)/C=C/c2cccnc2)cc1. The molecule has 0 spiro atoms. The molecule has 5 nitrogen and oxygen atoms in total. The van der Waals surface area contributed by atoms with Crippen LogP contribution in [0.4, 0.5) is 5.69 Å². The maximum absolute atomic E-state index is 11.8. The lowest BCUT2D eigenvalue weighted by molar-refractivity contribution is -0.111. The molecular weight excluding hydrogens is 268 g/mol. The molecular formula is C16H14N2O3. The maximum atomic E-state index is 11.8. The van der Waals surface area contributed by atoms with Gasteiger partial charge in [0.05, 0.1) is 12.7 Å². The van der Waals surface area contributed by atoms with Crippen LogP contribution in [-0.2, 0) is 9.53 Å². The lowest BCUT2D eigenvalue weighted by Gasteiger charge is -2.03. The highest BCUT2D eigenvalue weighted by atomic mass is 16.5. The summed E-state index contributed by atoms with van der Waals surface area (Å²) in [5.41, 5.74) is 1.87. The van der Waals surface area contributed by atoms with Gasteiger partial charge in [0.25, 0.3) is 0 Å². The van der Waals surface area contributed by atoms with Crippen LogP contribution in [-0.4, -0.2) is 24.0 Å². The highest BCUT2D eigenvalue weighted by Crippen LogP contribution is 2.10. The number of aromatic nitrogens is 1. The van der Waals surface area contributed by atoms with Crippen LogP contribution in [0.25, 0.3) is 6.08 Å². The summed E-state index contributed by atoms with van der Waals surface area (Å²) in [6.45, 7) is 0. The minimum absolute atomic E-state index is 0.260. The summed E-state index contributed by atoms with van der Waals surface area (Å²) in [6, 6.07) is 10.1. The predicted octanol–water partition coefficient (Wildman–Crippen LogP) is 2.52. The van der Waals surface area contributed by atoms with Crippen molar-refractivity contribution in [1.82, 2.24) is 4.98 Å². The lowest BCUT2D eigenvalue weighted by atomic mass is 10.2. The number of methoxy groups -OCH3 is 1. The Kier molecular flexibility index (Phi) is 4.82. The molecule has 1 aromatic heterocycles. The number of rotatable bonds is 4. The van der Waals surface area contributed by atoms with E-state index in [1.165, 1.54) is 13.2 Å². The van der Waals surface area contributed by atoms with Gasteiger partial charge in [-0.05, 0) is 42.0 Å². The minimum Gasteiger partial charge on any atom is -0.465 e. The second-order valence-corrected chi connectivity index (χ2v) is 4.18. The molecule has 0 unspecified atom stereocenters. The molecule has 2 aromatic rings. The summed E-state index contributed by atoms with van der Waals surface area (Å²) in [6.07, 6.45) is 6.42. The average molecular weight is 282 g/mol. The highest BCUT2D eigenvalue weighted by Gasteiger charge is 2.04. The molecule has 0 aliphatic heterocycles. The van der Waals surface area contributed by atoms with Gasteiger partial charge >= 0.3 is 5.97 Å². The molecule has 0 atom stereocenters. The van der Waals surface area contributed by atoms with Crippen LogP contribution < -0.4 is 5.32 Å². The number of esters is 1. The summed E-state index contributed by atoms with van der Waals surface area (Å²) in [4.78, 5) is 27.0. The van der Waals surface area contributed by atoms with Gasteiger partial charge in [0.1, 0.15) is 0 Å². The highest BCUT2D eigenvalue weighted by molar-refractivity contribution is 6.02. The summed E-state index contributed by atoms with van der Waals surface area (Å²) in [5, 5.41) is 2.70. The fourth-order valence-corrected chi connectivity index (χ4v) is 1.64. The molecule has 1 heterocycles. The van der Waals surface area contributed by atoms with Crippen LogP contribution in [0.3, 0.4) is 0 Å². The number of nitrogens with one attached hydrogen (secondary N) is 1. The van der Waals surface area contributed by atoms with Crippen LogP contribution in [0.5, 0.6) is 0 Å². The van der Waals surface area contributed by atoms with Crippen LogP contribution in [0.1, 0.15) is 15.9 Å². The third-order valence-corrected chi connectivity index (χ3v) is 2.69. The molecule has 106 valence electrons. The molecule has 0 saturated heterocycles. The third kappa shape index (κ3) is 4.28. The number of amides is 1.